The largest absolute Gasteiger partial charge is 0.481 e. The van der Waals surface area contributed by atoms with Crippen LogP contribution in [0.2, 0.25) is 5.02 Å². The number of nitrogens with one attached hydrogen (secondary N) is 1. The van der Waals surface area contributed by atoms with Gasteiger partial charge in [0.05, 0.1) is 17.2 Å². The second-order valence-electron chi connectivity index (χ2n) is 6.80. The molecule has 1 atom stereocenters. The molecule has 0 saturated heterocycles. The fraction of sp³-hybridized carbons (Fsp3) is 0.364. The molecule has 0 aromatic heterocycles. The van der Waals surface area contributed by atoms with E-state index >= 15 is 0 Å². The number of rotatable bonds is 6. The van der Waals surface area contributed by atoms with Gasteiger partial charge in [-0.25, -0.2) is 4.79 Å². The van der Waals surface area contributed by atoms with Crippen molar-refractivity contribution in [2.75, 3.05) is 11.9 Å². The van der Waals surface area contributed by atoms with Gasteiger partial charge in [-0.05, 0) is 81.0 Å². The molecule has 1 N–H and O–H groups in total. The number of benzene rings is 2. The average molecular weight is 402 g/mol. The van der Waals surface area contributed by atoms with Crippen LogP contribution in [0.1, 0.15) is 48.2 Å². The molecule has 6 heteroatoms. The summed E-state index contributed by atoms with van der Waals surface area (Å²) in [6, 6.07) is 10.7. The Kier molecular flexibility index (Phi) is 6.57. The Bertz CT molecular complexity index is 881. The molecule has 0 unspecified atom stereocenters. The highest BCUT2D eigenvalue weighted by atomic mass is 35.5. The predicted molar refractivity (Wildman–Crippen MR) is 109 cm³/mol. The number of hydrogen-bond donors (Lipinski definition) is 1. The fourth-order valence-electron chi connectivity index (χ4n) is 3.25. The van der Waals surface area contributed by atoms with Crippen LogP contribution < -0.4 is 10.1 Å². The Labute approximate surface area is 170 Å². The SMILES string of the molecule is CCOC(=O)c1cc(NC(=O)[C@@H](C)Oc2ccc3c(c2)CCCC3)ccc1Cl. The van der Waals surface area contributed by atoms with Crippen molar-refractivity contribution in [2.45, 2.75) is 45.6 Å². The van der Waals surface area contributed by atoms with Gasteiger partial charge >= 0.3 is 5.97 Å². The van der Waals surface area contributed by atoms with Crippen LogP contribution in [0.15, 0.2) is 36.4 Å². The van der Waals surface area contributed by atoms with E-state index in [-0.39, 0.29) is 23.1 Å². The third kappa shape index (κ3) is 4.84. The van der Waals surface area contributed by atoms with Crippen molar-refractivity contribution in [3.63, 3.8) is 0 Å². The van der Waals surface area contributed by atoms with Crippen molar-refractivity contribution >= 4 is 29.2 Å². The maximum absolute atomic E-state index is 12.5. The van der Waals surface area contributed by atoms with Crippen LogP contribution in [0.4, 0.5) is 5.69 Å². The van der Waals surface area contributed by atoms with Crippen LogP contribution in [0, 0.1) is 0 Å². The van der Waals surface area contributed by atoms with Gasteiger partial charge in [-0.1, -0.05) is 17.7 Å². The highest BCUT2D eigenvalue weighted by Gasteiger charge is 2.18. The van der Waals surface area contributed by atoms with Gasteiger partial charge in [0.2, 0.25) is 0 Å². The standard InChI is InChI=1S/C22H24ClNO4/c1-3-27-22(26)19-13-17(9-11-20(19)23)24-21(25)14(2)28-18-10-8-15-6-4-5-7-16(15)12-18/h8-14H,3-7H2,1-2H3,(H,24,25)/t14-/m1/s1. The van der Waals surface area contributed by atoms with Crippen LogP contribution in [0.3, 0.4) is 0 Å². The van der Waals surface area contributed by atoms with E-state index < -0.39 is 12.1 Å². The molecule has 0 spiro atoms. The molecule has 28 heavy (non-hydrogen) atoms. The number of carbonyl (C=O) groups is 2. The molecular formula is C22H24ClNO4. The van der Waals surface area contributed by atoms with Crippen molar-refractivity contribution in [1.82, 2.24) is 0 Å². The molecule has 2 aromatic rings. The summed E-state index contributed by atoms with van der Waals surface area (Å²) in [5.74, 6) is -0.150. The number of anilines is 1. The lowest BCUT2D eigenvalue weighted by Gasteiger charge is -2.19. The predicted octanol–water partition coefficient (Wildman–Crippen LogP) is 4.80. The van der Waals surface area contributed by atoms with Crippen LogP contribution in [0.5, 0.6) is 5.75 Å². The third-order valence-electron chi connectivity index (χ3n) is 4.73. The lowest BCUT2D eigenvalue weighted by atomic mass is 9.92. The maximum Gasteiger partial charge on any atom is 0.339 e. The van der Waals surface area contributed by atoms with E-state index in [1.165, 1.54) is 30.0 Å². The molecule has 0 fully saturated rings. The minimum absolute atomic E-state index is 0.213. The molecule has 148 valence electrons. The molecule has 5 nitrogen and oxygen atoms in total. The molecule has 1 amide bonds. The molecule has 0 radical (unpaired) electrons. The molecule has 3 rings (SSSR count). The highest BCUT2D eigenvalue weighted by molar-refractivity contribution is 6.33. The van der Waals surface area contributed by atoms with Gasteiger partial charge < -0.3 is 14.8 Å². The van der Waals surface area contributed by atoms with Gasteiger partial charge in [0.25, 0.3) is 5.91 Å². The van der Waals surface area contributed by atoms with E-state index in [0.717, 1.165) is 12.8 Å². The zero-order valence-corrected chi connectivity index (χ0v) is 16.8. The summed E-state index contributed by atoms with van der Waals surface area (Å²) in [6.07, 6.45) is 3.87. The van der Waals surface area contributed by atoms with E-state index in [1.54, 1.807) is 26.0 Å². The molecule has 2 aromatic carbocycles. The number of halogens is 1. The van der Waals surface area contributed by atoms with Gasteiger partial charge in [0, 0.05) is 5.69 Å². The summed E-state index contributed by atoms with van der Waals surface area (Å²) < 4.78 is 10.8. The van der Waals surface area contributed by atoms with Crippen LogP contribution in [-0.4, -0.2) is 24.6 Å². The van der Waals surface area contributed by atoms with Crippen LogP contribution in [-0.2, 0) is 22.4 Å². The summed E-state index contributed by atoms with van der Waals surface area (Å²) in [7, 11) is 0. The Balaban J connectivity index is 1.66. The average Bonchev–Trinajstić information content (AvgIpc) is 2.69. The van der Waals surface area contributed by atoms with E-state index in [4.69, 9.17) is 21.1 Å². The lowest BCUT2D eigenvalue weighted by Crippen LogP contribution is -2.30. The monoisotopic (exact) mass is 401 g/mol. The number of fused-ring (bicyclic) bond motifs is 1. The van der Waals surface area contributed by atoms with Crippen molar-refractivity contribution < 1.29 is 19.1 Å². The van der Waals surface area contributed by atoms with Gasteiger partial charge in [0.15, 0.2) is 6.10 Å². The zero-order valence-electron chi connectivity index (χ0n) is 16.1. The summed E-state index contributed by atoms with van der Waals surface area (Å²) in [6.45, 7) is 3.66. The highest BCUT2D eigenvalue weighted by Crippen LogP contribution is 2.26. The topological polar surface area (TPSA) is 64.6 Å². The molecule has 0 heterocycles. The van der Waals surface area contributed by atoms with E-state index in [9.17, 15) is 9.59 Å². The van der Waals surface area contributed by atoms with Crippen molar-refractivity contribution in [3.8, 4) is 5.75 Å². The number of carbonyl (C=O) groups excluding carboxylic acids is 2. The van der Waals surface area contributed by atoms with Crippen LogP contribution >= 0.6 is 11.6 Å². The number of aryl methyl sites for hydroxylation is 2. The Morgan fingerprint density at radius 1 is 1.11 bits per heavy atom. The second-order valence-corrected chi connectivity index (χ2v) is 7.21. The van der Waals surface area contributed by atoms with Gasteiger partial charge in [-0.2, -0.15) is 0 Å². The van der Waals surface area contributed by atoms with Gasteiger partial charge in [-0.15, -0.1) is 0 Å². The first-order chi connectivity index (χ1) is 13.5. The van der Waals surface area contributed by atoms with E-state index in [2.05, 4.69) is 11.4 Å². The molecule has 0 bridgehead atoms. The molecule has 1 aliphatic carbocycles. The summed E-state index contributed by atoms with van der Waals surface area (Å²) in [5, 5.41) is 3.03. The molecule has 0 saturated carbocycles. The Morgan fingerprint density at radius 2 is 1.86 bits per heavy atom. The number of ether oxygens (including phenoxy) is 2. The van der Waals surface area contributed by atoms with Gasteiger partial charge in [-0.3, -0.25) is 4.79 Å². The summed E-state index contributed by atoms with van der Waals surface area (Å²) in [5.41, 5.74) is 3.33. The normalized spacial score (nSPS) is 14.0. The fourth-order valence-corrected chi connectivity index (χ4v) is 3.45. The summed E-state index contributed by atoms with van der Waals surface area (Å²) in [4.78, 5) is 24.5. The minimum Gasteiger partial charge on any atom is -0.481 e. The quantitative estimate of drug-likeness (QED) is 0.706. The van der Waals surface area contributed by atoms with Crippen LogP contribution in [0.25, 0.3) is 0 Å². The van der Waals surface area contributed by atoms with Crippen molar-refractivity contribution in [3.05, 3.63) is 58.1 Å². The molecule has 1 aliphatic rings. The molecular weight excluding hydrogens is 378 g/mol. The summed E-state index contributed by atoms with van der Waals surface area (Å²) >= 11 is 6.05. The van der Waals surface area contributed by atoms with Crippen molar-refractivity contribution in [1.29, 1.82) is 0 Å². The van der Waals surface area contributed by atoms with Crippen molar-refractivity contribution in [2.24, 2.45) is 0 Å². The zero-order chi connectivity index (χ0) is 20.1. The number of amides is 1. The number of hydrogen-bond acceptors (Lipinski definition) is 4. The third-order valence-corrected chi connectivity index (χ3v) is 5.06. The van der Waals surface area contributed by atoms with E-state index in [1.807, 2.05) is 12.1 Å². The van der Waals surface area contributed by atoms with E-state index in [0.29, 0.717) is 11.4 Å². The second kappa shape index (κ2) is 9.11. The number of esters is 1. The molecule has 0 aliphatic heterocycles. The first kappa shape index (κ1) is 20.2. The minimum atomic E-state index is -0.691. The Hall–Kier alpha value is -2.53. The maximum atomic E-state index is 12.5. The van der Waals surface area contributed by atoms with Gasteiger partial charge in [0.1, 0.15) is 5.75 Å². The Morgan fingerprint density at radius 3 is 2.61 bits per heavy atom. The first-order valence-corrected chi connectivity index (χ1v) is 9.91. The smallest absolute Gasteiger partial charge is 0.339 e. The first-order valence-electron chi connectivity index (χ1n) is 9.54. The lowest BCUT2D eigenvalue weighted by molar-refractivity contribution is -0.122.